The molecule has 1 N–H and O–H groups in total. The Kier molecular flexibility index (Phi) is 7.23. The standard InChI is InChI=1S/C24H26N2O6S/c1-16-12-17(2)26(24(28)23(16)33(29,30)19-8-6-5-7-9-19)15-22(27)25-14-18-10-11-20(31-3)21(13-18)32-4/h5-13H,14-15H2,1-4H3,(H,25,27). The van der Waals surface area contributed by atoms with E-state index in [9.17, 15) is 18.0 Å². The number of ether oxygens (including phenoxy) is 2. The SMILES string of the molecule is COc1ccc(CNC(=O)Cn2c(C)cc(C)c(S(=O)(=O)c3ccccc3)c2=O)cc1OC. The van der Waals surface area contributed by atoms with Crippen molar-refractivity contribution in [3.05, 3.63) is 81.8 Å². The van der Waals surface area contributed by atoms with Crippen molar-refractivity contribution in [2.45, 2.75) is 36.7 Å². The quantitative estimate of drug-likeness (QED) is 0.543. The summed E-state index contributed by atoms with van der Waals surface area (Å²) in [5, 5.41) is 2.75. The normalized spacial score (nSPS) is 11.2. The number of benzene rings is 2. The Morgan fingerprint density at radius 1 is 0.970 bits per heavy atom. The van der Waals surface area contributed by atoms with Crippen LogP contribution in [0.5, 0.6) is 11.5 Å². The van der Waals surface area contributed by atoms with Gasteiger partial charge in [0, 0.05) is 12.2 Å². The van der Waals surface area contributed by atoms with Gasteiger partial charge in [-0.2, -0.15) is 0 Å². The van der Waals surface area contributed by atoms with Crippen LogP contribution in [0.25, 0.3) is 0 Å². The Hall–Kier alpha value is -3.59. The van der Waals surface area contributed by atoms with Crippen LogP contribution in [-0.2, 0) is 27.7 Å². The number of carbonyl (C=O) groups excluding carboxylic acids is 1. The highest BCUT2D eigenvalue weighted by Crippen LogP contribution is 2.27. The van der Waals surface area contributed by atoms with Crippen LogP contribution in [0.15, 0.2) is 69.2 Å². The van der Waals surface area contributed by atoms with E-state index >= 15 is 0 Å². The molecule has 1 aromatic heterocycles. The van der Waals surface area contributed by atoms with Gasteiger partial charge in [-0.05, 0) is 55.3 Å². The third-order valence-electron chi connectivity index (χ3n) is 5.21. The Morgan fingerprint density at radius 2 is 1.64 bits per heavy atom. The molecule has 1 heterocycles. The lowest BCUT2D eigenvalue weighted by Gasteiger charge is -2.15. The first kappa shape index (κ1) is 24.1. The molecule has 0 aliphatic rings. The first-order chi connectivity index (χ1) is 15.7. The summed E-state index contributed by atoms with van der Waals surface area (Å²) < 4.78 is 37.9. The minimum absolute atomic E-state index is 0.0264. The fraction of sp³-hybridized carbons (Fsp3) is 0.250. The maximum atomic E-state index is 13.2. The number of sulfone groups is 1. The molecule has 0 aliphatic heterocycles. The third kappa shape index (κ3) is 5.09. The molecule has 174 valence electrons. The molecule has 0 aliphatic carbocycles. The molecule has 3 aromatic rings. The second-order valence-corrected chi connectivity index (χ2v) is 9.36. The summed E-state index contributed by atoms with van der Waals surface area (Å²) >= 11 is 0. The van der Waals surface area contributed by atoms with E-state index in [0.29, 0.717) is 22.8 Å². The van der Waals surface area contributed by atoms with E-state index in [-0.39, 0.29) is 22.9 Å². The van der Waals surface area contributed by atoms with E-state index in [2.05, 4.69) is 5.32 Å². The van der Waals surface area contributed by atoms with Gasteiger partial charge >= 0.3 is 0 Å². The summed E-state index contributed by atoms with van der Waals surface area (Å²) in [6.45, 7) is 3.13. The highest BCUT2D eigenvalue weighted by Gasteiger charge is 2.26. The maximum absolute atomic E-state index is 13.2. The number of aryl methyl sites for hydroxylation is 2. The van der Waals surface area contributed by atoms with E-state index in [1.165, 1.54) is 30.9 Å². The number of hydrogen-bond acceptors (Lipinski definition) is 6. The topological polar surface area (TPSA) is 104 Å². The Morgan fingerprint density at radius 3 is 2.27 bits per heavy atom. The number of amides is 1. The zero-order valence-electron chi connectivity index (χ0n) is 18.9. The van der Waals surface area contributed by atoms with Gasteiger partial charge < -0.3 is 19.4 Å². The van der Waals surface area contributed by atoms with Crippen molar-refractivity contribution >= 4 is 15.7 Å². The van der Waals surface area contributed by atoms with Gasteiger partial charge in [-0.1, -0.05) is 24.3 Å². The van der Waals surface area contributed by atoms with E-state index in [1.54, 1.807) is 56.3 Å². The molecule has 9 heteroatoms. The van der Waals surface area contributed by atoms with Crippen molar-refractivity contribution in [3.8, 4) is 11.5 Å². The summed E-state index contributed by atoms with van der Waals surface area (Å²) in [5.74, 6) is 0.675. The van der Waals surface area contributed by atoms with Crippen LogP contribution in [0.2, 0.25) is 0 Å². The van der Waals surface area contributed by atoms with E-state index < -0.39 is 21.3 Å². The smallest absolute Gasteiger partial charge is 0.270 e. The predicted molar refractivity (Wildman–Crippen MR) is 123 cm³/mol. The lowest BCUT2D eigenvalue weighted by atomic mass is 10.2. The van der Waals surface area contributed by atoms with Crippen LogP contribution in [0.4, 0.5) is 0 Å². The van der Waals surface area contributed by atoms with Gasteiger partial charge in [0.15, 0.2) is 11.5 Å². The third-order valence-corrected chi connectivity index (χ3v) is 7.14. The number of pyridine rings is 1. The monoisotopic (exact) mass is 470 g/mol. The van der Waals surface area contributed by atoms with Crippen molar-refractivity contribution in [2.24, 2.45) is 0 Å². The molecule has 0 spiro atoms. The van der Waals surface area contributed by atoms with Gasteiger partial charge in [0.25, 0.3) is 5.56 Å². The zero-order valence-corrected chi connectivity index (χ0v) is 19.7. The average molecular weight is 471 g/mol. The molecule has 33 heavy (non-hydrogen) atoms. The number of nitrogens with one attached hydrogen (secondary N) is 1. The summed E-state index contributed by atoms with van der Waals surface area (Å²) in [4.78, 5) is 25.5. The average Bonchev–Trinajstić information content (AvgIpc) is 2.80. The number of rotatable bonds is 8. The Labute approximate surface area is 192 Å². The highest BCUT2D eigenvalue weighted by atomic mass is 32.2. The van der Waals surface area contributed by atoms with Crippen LogP contribution in [0.3, 0.4) is 0 Å². The molecule has 0 atom stereocenters. The molecule has 0 fully saturated rings. The van der Waals surface area contributed by atoms with E-state index in [0.717, 1.165) is 5.56 Å². The summed E-state index contributed by atoms with van der Waals surface area (Å²) in [6.07, 6.45) is 0. The van der Waals surface area contributed by atoms with Gasteiger partial charge in [0.05, 0.1) is 19.1 Å². The first-order valence-electron chi connectivity index (χ1n) is 10.2. The molecule has 0 saturated heterocycles. The van der Waals surface area contributed by atoms with Crippen LogP contribution in [0, 0.1) is 13.8 Å². The largest absolute Gasteiger partial charge is 0.493 e. The second kappa shape index (κ2) is 9.91. The molecular weight excluding hydrogens is 444 g/mol. The van der Waals surface area contributed by atoms with Crippen molar-refractivity contribution in [2.75, 3.05) is 14.2 Å². The van der Waals surface area contributed by atoms with Gasteiger partial charge in [-0.15, -0.1) is 0 Å². The maximum Gasteiger partial charge on any atom is 0.270 e. The number of hydrogen-bond donors (Lipinski definition) is 1. The minimum Gasteiger partial charge on any atom is -0.493 e. The van der Waals surface area contributed by atoms with Crippen molar-refractivity contribution < 1.29 is 22.7 Å². The zero-order chi connectivity index (χ0) is 24.2. The molecular formula is C24H26N2O6S. The van der Waals surface area contributed by atoms with Gasteiger partial charge in [-0.25, -0.2) is 8.42 Å². The van der Waals surface area contributed by atoms with Crippen LogP contribution in [0.1, 0.15) is 16.8 Å². The van der Waals surface area contributed by atoms with Gasteiger partial charge in [-0.3, -0.25) is 9.59 Å². The minimum atomic E-state index is -4.04. The number of aromatic nitrogens is 1. The molecule has 0 unspecified atom stereocenters. The predicted octanol–water partition coefficient (Wildman–Crippen LogP) is 2.63. The summed E-state index contributed by atoms with van der Waals surface area (Å²) in [7, 11) is -0.979. The molecule has 1 amide bonds. The first-order valence-corrected chi connectivity index (χ1v) is 11.7. The van der Waals surface area contributed by atoms with Crippen LogP contribution < -0.4 is 20.3 Å². The summed E-state index contributed by atoms with van der Waals surface area (Å²) in [5.41, 5.74) is 0.882. The second-order valence-electron chi connectivity index (χ2n) is 7.47. The van der Waals surface area contributed by atoms with Gasteiger partial charge in [0.2, 0.25) is 15.7 Å². The number of nitrogens with zero attached hydrogens (tertiary/aromatic N) is 1. The van der Waals surface area contributed by atoms with E-state index in [1.807, 2.05) is 0 Å². The highest BCUT2D eigenvalue weighted by molar-refractivity contribution is 7.91. The fourth-order valence-corrected chi connectivity index (χ4v) is 5.11. The lowest BCUT2D eigenvalue weighted by Crippen LogP contribution is -2.35. The van der Waals surface area contributed by atoms with Crippen LogP contribution in [-0.4, -0.2) is 33.1 Å². The number of carbonyl (C=O) groups is 1. The molecule has 2 aromatic carbocycles. The fourth-order valence-electron chi connectivity index (χ4n) is 3.54. The summed E-state index contributed by atoms with van der Waals surface area (Å²) in [6, 6.07) is 14.6. The van der Waals surface area contributed by atoms with Crippen molar-refractivity contribution in [1.82, 2.24) is 9.88 Å². The van der Waals surface area contributed by atoms with Crippen molar-refractivity contribution in [3.63, 3.8) is 0 Å². The molecule has 0 saturated carbocycles. The van der Waals surface area contributed by atoms with E-state index in [4.69, 9.17) is 9.47 Å². The Balaban J connectivity index is 1.85. The lowest BCUT2D eigenvalue weighted by molar-refractivity contribution is -0.121. The molecule has 3 rings (SSSR count). The molecule has 8 nitrogen and oxygen atoms in total. The molecule has 0 radical (unpaired) electrons. The van der Waals surface area contributed by atoms with Gasteiger partial charge in [0.1, 0.15) is 11.4 Å². The molecule has 0 bridgehead atoms. The van der Waals surface area contributed by atoms with Crippen LogP contribution >= 0.6 is 0 Å². The Bertz CT molecular complexity index is 1330. The number of methoxy groups -OCH3 is 2. The van der Waals surface area contributed by atoms with Crippen molar-refractivity contribution in [1.29, 1.82) is 0 Å².